The molecule has 1 aromatic rings. The van der Waals surface area contributed by atoms with Crippen LogP contribution in [0.15, 0.2) is 18.3 Å². The minimum atomic E-state index is -0.142. The highest BCUT2D eigenvalue weighted by Crippen LogP contribution is 2.20. The Morgan fingerprint density at radius 3 is 3.00 bits per heavy atom. The third-order valence-electron chi connectivity index (χ3n) is 3.16. The normalized spacial score (nSPS) is 19.4. The highest BCUT2D eigenvalue weighted by Gasteiger charge is 2.21. The molecule has 1 saturated heterocycles. The van der Waals surface area contributed by atoms with Crippen molar-refractivity contribution in [1.82, 2.24) is 15.6 Å². The standard InChI is InChI=1S/C12H18N4O/c1-13-9-4-6-16(8-9)10-3-5-15-11(7-10)12(17)14-2/h3,5,7,9,13H,4,6,8H2,1-2H3,(H,14,17). The lowest BCUT2D eigenvalue weighted by molar-refractivity contribution is 0.0958. The second-order valence-electron chi connectivity index (χ2n) is 4.20. The molecule has 1 aliphatic heterocycles. The molecule has 17 heavy (non-hydrogen) atoms. The van der Waals surface area contributed by atoms with Crippen molar-refractivity contribution in [2.24, 2.45) is 0 Å². The molecule has 2 rings (SSSR count). The highest BCUT2D eigenvalue weighted by molar-refractivity contribution is 5.92. The molecule has 2 N–H and O–H groups in total. The molecule has 5 nitrogen and oxygen atoms in total. The molecule has 0 aliphatic carbocycles. The van der Waals surface area contributed by atoms with Gasteiger partial charge < -0.3 is 15.5 Å². The summed E-state index contributed by atoms with van der Waals surface area (Å²) in [6.45, 7) is 2.00. The van der Waals surface area contributed by atoms with Gasteiger partial charge in [-0.2, -0.15) is 0 Å². The Balaban J connectivity index is 2.14. The first-order valence-electron chi connectivity index (χ1n) is 5.85. The summed E-state index contributed by atoms with van der Waals surface area (Å²) < 4.78 is 0. The molecular weight excluding hydrogens is 216 g/mol. The van der Waals surface area contributed by atoms with E-state index in [2.05, 4.69) is 20.5 Å². The van der Waals surface area contributed by atoms with E-state index in [1.807, 2.05) is 19.2 Å². The van der Waals surface area contributed by atoms with Crippen molar-refractivity contribution in [3.05, 3.63) is 24.0 Å². The third-order valence-corrected chi connectivity index (χ3v) is 3.16. The Morgan fingerprint density at radius 2 is 2.35 bits per heavy atom. The summed E-state index contributed by atoms with van der Waals surface area (Å²) in [5, 5.41) is 5.86. The Labute approximate surface area is 101 Å². The zero-order chi connectivity index (χ0) is 12.3. The van der Waals surface area contributed by atoms with E-state index in [0.717, 1.165) is 25.2 Å². The molecule has 0 spiro atoms. The summed E-state index contributed by atoms with van der Waals surface area (Å²) in [7, 11) is 3.60. The van der Waals surface area contributed by atoms with Gasteiger partial charge >= 0.3 is 0 Å². The summed E-state index contributed by atoms with van der Waals surface area (Å²) in [6, 6.07) is 4.33. The van der Waals surface area contributed by atoms with Gasteiger partial charge in [-0.3, -0.25) is 9.78 Å². The molecule has 1 fully saturated rings. The molecule has 2 heterocycles. The summed E-state index contributed by atoms with van der Waals surface area (Å²) in [4.78, 5) is 17.8. The maximum Gasteiger partial charge on any atom is 0.269 e. The number of rotatable bonds is 3. The number of carbonyl (C=O) groups is 1. The summed E-state index contributed by atoms with van der Waals surface area (Å²) in [6.07, 6.45) is 2.82. The number of pyridine rings is 1. The number of aromatic nitrogens is 1. The van der Waals surface area contributed by atoms with Crippen LogP contribution in [-0.2, 0) is 0 Å². The minimum Gasteiger partial charge on any atom is -0.370 e. The summed E-state index contributed by atoms with van der Waals surface area (Å²) >= 11 is 0. The highest BCUT2D eigenvalue weighted by atomic mass is 16.1. The Hall–Kier alpha value is -1.62. The number of carbonyl (C=O) groups excluding carboxylic acids is 1. The fraction of sp³-hybridized carbons (Fsp3) is 0.500. The van der Waals surface area contributed by atoms with Crippen LogP contribution < -0.4 is 15.5 Å². The zero-order valence-electron chi connectivity index (χ0n) is 10.2. The number of nitrogens with one attached hydrogen (secondary N) is 2. The van der Waals surface area contributed by atoms with Crippen molar-refractivity contribution < 1.29 is 4.79 Å². The first-order valence-corrected chi connectivity index (χ1v) is 5.85. The molecular formula is C12H18N4O. The largest absolute Gasteiger partial charge is 0.370 e. The monoisotopic (exact) mass is 234 g/mol. The first kappa shape index (κ1) is 11.9. The lowest BCUT2D eigenvalue weighted by atomic mass is 10.3. The van der Waals surface area contributed by atoms with E-state index in [9.17, 15) is 4.79 Å². The second kappa shape index (κ2) is 5.14. The van der Waals surface area contributed by atoms with Crippen molar-refractivity contribution >= 4 is 11.6 Å². The molecule has 0 saturated carbocycles. The van der Waals surface area contributed by atoms with Crippen LogP contribution in [0.25, 0.3) is 0 Å². The lowest BCUT2D eigenvalue weighted by Crippen LogP contribution is -2.29. The molecule has 5 heteroatoms. The van der Waals surface area contributed by atoms with E-state index < -0.39 is 0 Å². The smallest absolute Gasteiger partial charge is 0.269 e. The topological polar surface area (TPSA) is 57.3 Å². The Kier molecular flexibility index (Phi) is 3.58. The van der Waals surface area contributed by atoms with Crippen molar-refractivity contribution in [3.8, 4) is 0 Å². The van der Waals surface area contributed by atoms with Crippen molar-refractivity contribution in [1.29, 1.82) is 0 Å². The van der Waals surface area contributed by atoms with Gasteiger partial charge in [0, 0.05) is 38.1 Å². The Bertz CT molecular complexity index is 407. The first-order chi connectivity index (χ1) is 8.24. The van der Waals surface area contributed by atoms with Crippen LogP contribution in [0.3, 0.4) is 0 Å². The number of anilines is 1. The molecule has 0 aromatic carbocycles. The van der Waals surface area contributed by atoms with E-state index in [-0.39, 0.29) is 5.91 Å². The third kappa shape index (κ3) is 2.55. The molecule has 1 amide bonds. The SMILES string of the molecule is CNC(=O)c1cc(N2CCC(NC)C2)ccn1. The van der Waals surface area contributed by atoms with E-state index in [1.165, 1.54) is 0 Å². The predicted octanol–water partition coefficient (Wildman–Crippen LogP) is 0.239. The van der Waals surface area contributed by atoms with Gasteiger partial charge in [-0.1, -0.05) is 0 Å². The maximum atomic E-state index is 11.5. The average Bonchev–Trinajstić information content (AvgIpc) is 2.86. The average molecular weight is 234 g/mol. The number of hydrogen-bond acceptors (Lipinski definition) is 4. The van der Waals surface area contributed by atoms with Crippen molar-refractivity contribution in [2.75, 3.05) is 32.1 Å². The fourth-order valence-corrected chi connectivity index (χ4v) is 2.10. The van der Waals surface area contributed by atoms with Crippen LogP contribution >= 0.6 is 0 Å². The number of hydrogen-bond donors (Lipinski definition) is 2. The van der Waals surface area contributed by atoms with E-state index in [4.69, 9.17) is 0 Å². The number of likely N-dealkylation sites (N-methyl/N-ethyl adjacent to an activating group) is 1. The maximum absolute atomic E-state index is 11.5. The number of nitrogens with zero attached hydrogens (tertiary/aromatic N) is 2. The van der Waals surface area contributed by atoms with Crippen LogP contribution in [0.5, 0.6) is 0 Å². The molecule has 0 bridgehead atoms. The van der Waals surface area contributed by atoms with Gasteiger partial charge in [0.25, 0.3) is 5.91 Å². The van der Waals surface area contributed by atoms with Crippen LogP contribution in [0.2, 0.25) is 0 Å². The summed E-state index contributed by atoms with van der Waals surface area (Å²) in [5.74, 6) is -0.142. The molecule has 1 aliphatic rings. The fourth-order valence-electron chi connectivity index (χ4n) is 2.10. The second-order valence-corrected chi connectivity index (χ2v) is 4.20. The van der Waals surface area contributed by atoms with E-state index in [0.29, 0.717) is 11.7 Å². The van der Waals surface area contributed by atoms with Crippen LogP contribution in [0.1, 0.15) is 16.9 Å². The number of amides is 1. The van der Waals surface area contributed by atoms with Gasteiger partial charge in [-0.15, -0.1) is 0 Å². The van der Waals surface area contributed by atoms with Crippen LogP contribution in [0, 0.1) is 0 Å². The molecule has 1 aromatic heterocycles. The van der Waals surface area contributed by atoms with Crippen molar-refractivity contribution in [3.63, 3.8) is 0 Å². The molecule has 0 radical (unpaired) electrons. The summed E-state index contributed by atoms with van der Waals surface area (Å²) in [5.41, 5.74) is 1.54. The van der Waals surface area contributed by atoms with E-state index in [1.54, 1.807) is 13.2 Å². The Morgan fingerprint density at radius 1 is 1.53 bits per heavy atom. The molecule has 1 atom stereocenters. The van der Waals surface area contributed by atoms with Gasteiger partial charge in [0.1, 0.15) is 5.69 Å². The van der Waals surface area contributed by atoms with Gasteiger partial charge in [0.2, 0.25) is 0 Å². The van der Waals surface area contributed by atoms with Gasteiger partial charge in [-0.05, 0) is 25.6 Å². The van der Waals surface area contributed by atoms with Gasteiger partial charge in [-0.25, -0.2) is 0 Å². The van der Waals surface area contributed by atoms with E-state index >= 15 is 0 Å². The lowest BCUT2D eigenvalue weighted by Gasteiger charge is -2.18. The quantitative estimate of drug-likeness (QED) is 0.786. The van der Waals surface area contributed by atoms with Gasteiger partial charge in [0.05, 0.1) is 0 Å². The minimum absolute atomic E-state index is 0.142. The van der Waals surface area contributed by atoms with Crippen LogP contribution in [0.4, 0.5) is 5.69 Å². The van der Waals surface area contributed by atoms with Gasteiger partial charge in [0.15, 0.2) is 0 Å². The predicted molar refractivity (Wildman–Crippen MR) is 67.3 cm³/mol. The van der Waals surface area contributed by atoms with Crippen LogP contribution in [-0.4, -0.2) is 44.1 Å². The zero-order valence-corrected chi connectivity index (χ0v) is 10.2. The van der Waals surface area contributed by atoms with Crippen molar-refractivity contribution in [2.45, 2.75) is 12.5 Å². The molecule has 1 unspecified atom stereocenters. The molecule has 92 valence electrons.